The molecule has 0 bridgehead atoms. The highest BCUT2D eigenvalue weighted by molar-refractivity contribution is 6.35. The van der Waals surface area contributed by atoms with Gasteiger partial charge in [-0.1, -0.05) is 23.7 Å². The first-order valence-electron chi connectivity index (χ1n) is 10.3. The second kappa shape index (κ2) is 7.03. The van der Waals surface area contributed by atoms with E-state index in [-0.39, 0.29) is 0 Å². The van der Waals surface area contributed by atoms with E-state index in [1.54, 1.807) is 0 Å². The number of rotatable bonds is 3. The molecule has 1 aliphatic carbocycles. The van der Waals surface area contributed by atoms with Crippen molar-refractivity contribution in [2.24, 2.45) is 7.05 Å². The summed E-state index contributed by atoms with van der Waals surface area (Å²) in [5.74, 6) is 0.901. The van der Waals surface area contributed by atoms with Gasteiger partial charge < -0.3 is 4.57 Å². The summed E-state index contributed by atoms with van der Waals surface area (Å²) >= 11 is 6.60. The number of nitrogens with zero attached hydrogens (tertiary/aromatic N) is 4. The van der Waals surface area contributed by atoms with Crippen LogP contribution in [0.1, 0.15) is 46.6 Å². The molecule has 4 aromatic rings. The van der Waals surface area contributed by atoms with Crippen molar-refractivity contribution in [3.8, 4) is 5.95 Å². The van der Waals surface area contributed by atoms with Crippen LogP contribution >= 0.6 is 11.6 Å². The van der Waals surface area contributed by atoms with E-state index >= 15 is 0 Å². The highest BCUT2D eigenvalue weighted by atomic mass is 35.5. The van der Waals surface area contributed by atoms with Crippen LogP contribution in [0.4, 0.5) is 0 Å². The highest BCUT2D eigenvalue weighted by Crippen LogP contribution is 2.31. The Bertz CT molecular complexity index is 1210. The predicted octanol–water partition coefficient (Wildman–Crippen LogP) is 5.50. The van der Waals surface area contributed by atoms with Crippen LogP contribution in [0.2, 0.25) is 5.02 Å². The van der Waals surface area contributed by atoms with Crippen LogP contribution < -0.4 is 0 Å². The van der Waals surface area contributed by atoms with Crippen LogP contribution in [0.5, 0.6) is 0 Å². The van der Waals surface area contributed by atoms with Gasteiger partial charge in [-0.3, -0.25) is 9.55 Å². The van der Waals surface area contributed by atoms with Crippen molar-refractivity contribution in [1.82, 2.24) is 19.1 Å². The van der Waals surface area contributed by atoms with E-state index in [0.29, 0.717) is 0 Å². The van der Waals surface area contributed by atoms with Gasteiger partial charge in [-0.15, -0.1) is 0 Å². The van der Waals surface area contributed by atoms with Crippen LogP contribution in [0.15, 0.2) is 36.5 Å². The quantitative estimate of drug-likeness (QED) is 0.452. The lowest BCUT2D eigenvalue weighted by Gasteiger charge is -2.15. The van der Waals surface area contributed by atoms with Crippen molar-refractivity contribution in [3.63, 3.8) is 0 Å². The normalized spacial score (nSPS) is 13.8. The van der Waals surface area contributed by atoms with Crippen LogP contribution in [0.25, 0.3) is 17.0 Å². The molecule has 0 radical (unpaired) electrons. The lowest BCUT2D eigenvalue weighted by molar-refractivity contribution is 0.666. The molecule has 0 N–H and O–H groups in total. The van der Waals surface area contributed by atoms with Crippen LogP contribution in [-0.4, -0.2) is 19.1 Å². The van der Waals surface area contributed by atoms with Gasteiger partial charge in [0.25, 0.3) is 0 Å². The molecule has 29 heavy (non-hydrogen) atoms. The summed E-state index contributed by atoms with van der Waals surface area (Å²) in [5.41, 5.74) is 9.41. The molecular formula is C24H25ClN4. The predicted molar refractivity (Wildman–Crippen MR) is 118 cm³/mol. The van der Waals surface area contributed by atoms with Gasteiger partial charge in [-0.25, -0.2) is 4.98 Å². The molecule has 0 atom stereocenters. The molecule has 0 amide bonds. The van der Waals surface area contributed by atoms with Gasteiger partial charge in [0.05, 0.1) is 16.1 Å². The number of halogens is 1. The van der Waals surface area contributed by atoms with Crippen LogP contribution in [-0.2, 0) is 26.3 Å². The molecule has 4 nitrogen and oxygen atoms in total. The molecule has 148 valence electrons. The number of aryl methyl sites for hydroxylation is 5. The molecule has 0 aliphatic heterocycles. The molecule has 0 fully saturated rings. The lowest BCUT2D eigenvalue weighted by Crippen LogP contribution is -2.06. The maximum Gasteiger partial charge on any atom is 0.215 e. The summed E-state index contributed by atoms with van der Waals surface area (Å²) < 4.78 is 4.28. The van der Waals surface area contributed by atoms with Gasteiger partial charge in [0.1, 0.15) is 0 Å². The molecule has 0 saturated carbocycles. The Hall–Kier alpha value is -2.59. The third kappa shape index (κ3) is 3.06. The second-order valence-corrected chi connectivity index (χ2v) is 8.57. The highest BCUT2D eigenvalue weighted by Gasteiger charge is 2.18. The van der Waals surface area contributed by atoms with E-state index in [4.69, 9.17) is 21.6 Å². The van der Waals surface area contributed by atoms with Crippen molar-refractivity contribution in [2.75, 3.05) is 0 Å². The van der Waals surface area contributed by atoms with Crippen LogP contribution in [0, 0.1) is 13.8 Å². The number of pyridine rings is 1. The van der Waals surface area contributed by atoms with Crippen molar-refractivity contribution in [3.05, 3.63) is 75.3 Å². The van der Waals surface area contributed by atoms with Gasteiger partial charge >= 0.3 is 0 Å². The second-order valence-electron chi connectivity index (χ2n) is 8.16. The summed E-state index contributed by atoms with van der Waals surface area (Å²) in [5, 5.41) is 0.732. The lowest BCUT2D eigenvalue weighted by atomic mass is 9.94. The van der Waals surface area contributed by atoms with Crippen molar-refractivity contribution in [1.29, 1.82) is 0 Å². The smallest absolute Gasteiger partial charge is 0.215 e. The molecular weight excluding hydrogens is 380 g/mol. The molecule has 0 spiro atoms. The summed E-state index contributed by atoms with van der Waals surface area (Å²) in [6.45, 7) is 4.21. The molecule has 0 unspecified atom stereocenters. The Morgan fingerprint density at radius 2 is 1.79 bits per heavy atom. The topological polar surface area (TPSA) is 35.6 Å². The summed E-state index contributed by atoms with van der Waals surface area (Å²) in [7, 11) is 2.04. The van der Waals surface area contributed by atoms with Gasteiger partial charge in [-0.2, -0.15) is 0 Å². The first-order valence-corrected chi connectivity index (χ1v) is 10.7. The standard InChI is InChI=1S/C24H25ClN4/c1-15-8-9-16(2)29(15)24-27-22-19(10-11-20(25)23(22)28(24)3)13-17-12-18-6-4-5-7-21(18)26-14-17/h8-12,14H,4-7,13H2,1-3H3. The fraction of sp³-hybridized carbons (Fsp3) is 0.333. The largest absolute Gasteiger partial charge is 0.311 e. The average Bonchev–Trinajstić information content (AvgIpc) is 3.23. The Morgan fingerprint density at radius 1 is 1.03 bits per heavy atom. The SMILES string of the molecule is Cc1ccc(C)n1-c1nc2c(Cc3cnc4c(c3)CCCC4)ccc(Cl)c2n1C. The fourth-order valence-electron chi connectivity index (χ4n) is 4.60. The third-order valence-electron chi connectivity index (χ3n) is 6.12. The Balaban J connectivity index is 1.62. The number of hydrogen-bond acceptors (Lipinski definition) is 2. The molecule has 1 aromatic carbocycles. The minimum absolute atomic E-state index is 0.732. The van der Waals surface area contributed by atoms with E-state index in [1.165, 1.54) is 35.2 Å². The summed E-state index contributed by atoms with van der Waals surface area (Å²) in [6.07, 6.45) is 7.63. The van der Waals surface area contributed by atoms with Gasteiger partial charge in [0, 0.05) is 36.7 Å². The van der Waals surface area contributed by atoms with Gasteiger partial charge in [-0.05, 0) is 74.4 Å². The van der Waals surface area contributed by atoms with E-state index in [9.17, 15) is 0 Å². The number of benzene rings is 1. The molecule has 1 aliphatic rings. The zero-order chi connectivity index (χ0) is 20.1. The zero-order valence-corrected chi connectivity index (χ0v) is 17.9. The first-order chi connectivity index (χ1) is 14.0. The van der Waals surface area contributed by atoms with Crippen molar-refractivity contribution >= 4 is 22.6 Å². The van der Waals surface area contributed by atoms with Gasteiger partial charge in [0.2, 0.25) is 5.95 Å². The third-order valence-corrected chi connectivity index (χ3v) is 6.43. The number of hydrogen-bond donors (Lipinski definition) is 0. The van der Waals surface area contributed by atoms with E-state index in [0.717, 1.165) is 52.7 Å². The minimum Gasteiger partial charge on any atom is -0.311 e. The van der Waals surface area contributed by atoms with E-state index < -0.39 is 0 Å². The van der Waals surface area contributed by atoms with Crippen molar-refractivity contribution in [2.45, 2.75) is 46.0 Å². The fourth-order valence-corrected chi connectivity index (χ4v) is 4.88. The Labute approximate surface area is 176 Å². The molecule has 5 rings (SSSR count). The first kappa shape index (κ1) is 18.4. The van der Waals surface area contributed by atoms with Crippen molar-refractivity contribution < 1.29 is 0 Å². The summed E-state index contributed by atoms with van der Waals surface area (Å²) in [6, 6.07) is 10.7. The Kier molecular flexibility index (Phi) is 4.47. The Morgan fingerprint density at radius 3 is 2.59 bits per heavy atom. The molecule has 0 saturated heterocycles. The van der Waals surface area contributed by atoms with Crippen LogP contribution in [0.3, 0.4) is 0 Å². The molecule has 5 heteroatoms. The maximum absolute atomic E-state index is 6.60. The van der Waals surface area contributed by atoms with E-state index in [2.05, 4.69) is 47.2 Å². The minimum atomic E-state index is 0.732. The summed E-state index contributed by atoms with van der Waals surface area (Å²) in [4.78, 5) is 9.79. The monoisotopic (exact) mass is 404 g/mol. The number of fused-ring (bicyclic) bond motifs is 2. The molecule has 3 aromatic heterocycles. The van der Waals surface area contributed by atoms with E-state index in [1.807, 2.05) is 19.3 Å². The average molecular weight is 405 g/mol. The van der Waals surface area contributed by atoms with Gasteiger partial charge in [0.15, 0.2) is 0 Å². The molecule has 3 heterocycles. The number of aromatic nitrogens is 4. The zero-order valence-electron chi connectivity index (χ0n) is 17.2. The maximum atomic E-state index is 6.60. The number of imidazole rings is 1.